The largest absolute Gasteiger partial charge is 0.726 e. The Kier molecular flexibility index (Phi) is 11.0. The number of guanidine groups is 1. The average Bonchev–Trinajstić information content (AvgIpc) is 2.22. The molecule has 0 fully saturated rings. The third kappa shape index (κ3) is 19.1. The summed E-state index contributed by atoms with van der Waals surface area (Å²) in [6.45, 7) is 1.89. The highest BCUT2D eigenvalue weighted by Crippen LogP contribution is 1.87. The van der Waals surface area contributed by atoms with Crippen molar-refractivity contribution in [2.45, 2.75) is 25.8 Å². The van der Waals surface area contributed by atoms with E-state index in [1.807, 2.05) is 0 Å². The highest BCUT2D eigenvalue weighted by molar-refractivity contribution is 7.80. The molecule has 11 heteroatoms. The van der Waals surface area contributed by atoms with Crippen LogP contribution in [0.25, 0.3) is 0 Å². The number of carbonyl (C=O) groups excluding carboxylic acids is 1. The van der Waals surface area contributed by atoms with Gasteiger partial charge in [-0.1, -0.05) is 0 Å². The molecule has 0 aliphatic heterocycles. The molecule has 1 atom stereocenters. The first kappa shape index (κ1) is 19.9. The van der Waals surface area contributed by atoms with Gasteiger partial charge in [0, 0.05) is 6.42 Å². The highest BCUT2D eigenvalue weighted by atomic mass is 32.3. The number of nitrogens with two attached hydrogens (primary N) is 2. The number of rotatable bonds is 7. The molecule has 114 valence electrons. The lowest BCUT2D eigenvalue weighted by molar-refractivity contribution is -0.466. The maximum Gasteiger partial charge on any atom is 0.338 e. The number of carbonyl (C=O) groups is 1. The fourth-order valence-electron chi connectivity index (χ4n) is 0.843. The summed E-state index contributed by atoms with van der Waals surface area (Å²) in [7, 11) is -4.42. The zero-order valence-corrected chi connectivity index (χ0v) is 11.4. The van der Waals surface area contributed by atoms with Gasteiger partial charge in [-0.2, -0.15) is 0 Å². The van der Waals surface area contributed by atoms with E-state index in [0.29, 0.717) is 19.4 Å². The number of aliphatic carboxylic acids is 1. The first-order chi connectivity index (χ1) is 8.60. The molecule has 0 rings (SSSR count). The van der Waals surface area contributed by atoms with E-state index in [1.54, 1.807) is 0 Å². The van der Waals surface area contributed by atoms with Gasteiger partial charge < -0.3 is 20.2 Å². The van der Waals surface area contributed by atoms with E-state index in [2.05, 4.69) is 14.9 Å². The summed E-state index contributed by atoms with van der Waals surface area (Å²) in [5.74, 6) is -0.983. The summed E-state index contributed by atoms with van der Waals surface area (Å²) >= 11 is 0. The molecule has 0 heterocycles. The molecule has 0 radical (unpaired) electrons. The van der Waals surface area contributed by atoms with Crippen LogP contribution >= 0.6 is 0 Å². The minimum atomic E-state index is -4.42. The zero-order chi connectivity index (χ0) is 15.5. The van der Waals surface area contributed by atoms with Crippen molar-refractivity contribution < 1.29 is 37.8 Å². The molecule has 0 bridgehead atoms. The fourth-order valence-corrected chi connectivity index (χ4v) is 1.13. The number of quaternary nitrogens is 1. The molecule has 0 aliphatic carbocycles. The maximum atomic E-state index is 10.2. The van der Waals surface area contributed by atoms with Crippen LogP contribution < -0.4 is 27.3 Å². The molecule has 0 spiro atoms. The molecule has 8 N–H and O–H groups in total. The molecular weight excluding hydrogens is 280 g/mol. The van der Waals surface area contributed by atoms with Gasteiger partial charge in [-0.15, -0.1) is 0 Å². The Morgan fingerprint density at radius 1 is 1.47 bits per heavy atom. The molecule has 0 aromatic heterocycles. The first-order valence-electron chi connectivity index (χ1n) is 5.36. The Hall–Kier alpha value is -1.43. The Bertz CT molecular complexity index is 379. The number of hydrogen-bond donors (Lipinski definition) is 4. The van der Waals surface area contributed by atoms with Crippen molar-refractivity contribution in [1.82, 2.24) is 0 Å². The first-order valence-corrected chi connectivity index (χ1v) is 6.69. The second-order valence-electron chi connectivity index (χ2n) is 3.36. The minimum Gasteiger partial charge on any atom is -0.726 e. The smallest absolute Gasteiger partial charge is 0.338 e. The van der Waals surface area contributed by atoms with Crippen molar-refractivity contribution in [3.8, 4) is 0 Å². The molecule has 19 heavy (non-hydrogen) atoms. The lowest BCUT2D eigenvalue weighted by atomic mass is 10.2. The van der Waals surface area contributed by atoms with Crippen LogP contribution in [0.3, 0.4) is 0 Å². The Labute approximate surface area is 111 Å². The topological polar surface area (TPSA) is 200 Å². The van der Waals surface area contributed by atoms with Gasteiger partial charge >= 0.3 is 5.96 Å². The second kappa shape index (κ2) is 10.5. The number of hydrogen-bond acceptors (Lipinski definition) is 6. The predicted octanol–water partition coefficient (Wildman–Crippen LogP) is -6.04. The van der Waals surface area contributed by atoms with Crippen LogP contribution in [-0.2, 0) is 19.4 Å². The van der Waals surface area contributed by atoms with Gasteiger partial charge in [0.1, 0.15) is 6.04 Å². The van der Waals surface area contributed by atoms with Crippen molar-refractivity contribution in [2.75, 3.05) is 13.2 Å². The van der Waals surface area contributed by atoms with Gasteiger partial charge in [0.25, 0.3) is 0 Å². The monoisotopic (exact) mass is 300 g/mol. The van der Waals surface area contributed by atoms with Crippen molar-refractivity contribution in [3.63, 3.8) is 0 Å². The molecule has 0 saturated heterocycles. The molecular formula is C8H20N4O6S. The molecule has 0 amide bonds. The quantitative estimate of drug-likeness (QED) is 0.117. The Balaban J connectivity index is 0. The molecule has 0 aromatic rings. The lowest BCUT2D eigenvalue weighted by Crippen LogP contribution is -2.78. The van der Waals surface area contributed by atoms with Crippen LogP contribution in [0.4, 0.5) is 0 Å². The molecule has 0 aliphatic rings. The van der Waals surface area contributed by atoms with E-state index in [0.717, 1.165) is 0 Å². The Morgan fingerprint density at radius 2 is 2.00 bits per heavy atom. The average molecular weight is 300 g/mol. The van der Waals surface area contributed by atoms with E-state index < -0.39 is 22.4 Å². The van der Waals surface area contributed by atoms with Crippen LogP contribution in [0.5, 0.6) is 0 Å². The maximum absolute atomic E-state index is 10.2. The van der Waals surface area contributed by atoms with E-state index in [1.165, 1.54) is 6.92 Å². The zero-order valence-electron chi connectivity index (χ0n) is 10.6. The van der Waals surface area contributed by atoms with Crippen molar-refractivity contribution >= 4 is 22.3 Å². The summed E-state index contributed by atoms with van der Waals surface area (Å²) in [4.78, 5) is 12.8. The fraction of sp³-hybridized carbons (Fsp3) is 0.750. The third-order valence-electron chi connectivity index (χ3n) is 1.65. The molecule has 0 unspecified atom stereocenters. The van der Waals surface area contributed by atoms with Crippen molar-refractivity contribution in [3.05, 3.63) is 0 Å². The van der Waals surface area contributed by atoms with Gasteiger partial charge in [0.2, 0.25) is 10.4 Å². The Morgan fingerprint density at radius 3 is 2.26 bits per heavy atom. The van der Waals surface area contributed by atoms with Gasteiger partial charge in [-0.05, 0) is 13.3 Å². The van der Waals surface area contributed by atoms with E-state index in [4.69, 9.17) is 11.5 Å². The van der Waals surface area contributed by atoms with Crippen LogP contribution in [0.1, 0.15) is 19.8 Å². The number of carboxylic acids is 1. The normalized spacial score (nSPS) is 11.9. The summed E-state index contributed by atoms with van der Waals surface area (Å²) < 4.78 is 32.0. The van der Waals surface area contributed by atoms with Gasteiger partial charge in [-0.3, -0.25) is 20.6 Å². The standard InChI is InChI=1S/C6H14N4O2.C2H6O4S/c7-4(5(11)12)2-1-3-10-6(8)9;1-2-6-7(3,4)5/h4H,1-3,7H2,(H,11,12)(H4,8,9,10);2H2,1H3,(H,3,4,5)/t4-;/m0./s1. The predicted molar refractivity (Wildman–Crippen MR) is 61.5 cm³/mol. The lowest BCUT2D eigenvalue weighted by Gasteiger charge is -2.06. The van der Waals surface area contributed by atoms with Crippen molar-refractivity contribution in [2.24, 2.45) is 11.5 Å². The van der Waals surface area contributed by atoms with Crippen molar-refractivity contribution in [1.29, 1.82) is 0 Å². The summed E-state index contributed by atoms with van der Waals surface area (Å²) in [5, 5.41) is 10.2. The highest BCUT2D eigenvalue weighted by Gasteiger charge is 2.05. The summed E-state index contributed by atoms with van der Waals surface area (Å²) in [6, 6.07) is -0.661. The summed E-state index contributed by atoms with van der Waals surface area (Å²) in [6.07, 6.45) is 1.11. The van der Waals surface area contributed by atoms with Crippen LogP contribution in [0.15, 0.2) is 0 Å². The van der Waals surface area contributed by atoms with Gasteiger partial charge in [-0.25, -0.2) is 8.42 Å². The third-order valence-corrected chi connectivity index (χ3v) is 2.18. The molecule has 10 nitrogen and oxygen atoms in total. The van der Waals surface area contributed by atoms with Crippen LogP contribution in [0, 0.1) is 0 Å². The second-order valence-corrected chi connectivity index (χ2v) is 4.41. The van der Waals surface area contributed by atoms with E-state index in [9.17, 15) is 22.9 Å². The van der Waals surface area contributed by atoms with Gasteiger partial charge in [0.05, 0.1) is 19.1 Å². The molecule has 0 saturated carbocycles. The number of nitrogens with one attached hydrogen (secondary N) is 1. The SMILES string of the molecule is CCOS(=O)(=O)[O-].NC(N)=[NH+]CCC[C@H]([NH3+])C(=O)[O-]. The van der Waals surface area contributed by atoms with E-state index in [-0.39, 0.29) is 12.6 Å². The number of carboxylic acid groups (broad SMARTS) is 1. The summed E-state index contributed by atoms with van der Waals surface area (Å²) in [5.41, 5.74) is 13.6. The van der Waals surface area contributed by atoms with Gasteiger partial charge in [0.15, 0.2) is 0 Å². The van der Waals surface area contributed by atoms with Crippen LogP contribution in [0.2, 0.25) is 0 Å². The van der Waals surface area contributed by atoms with E-state index >= 15 is 0 Å². The minimum absolute atomic E-state index is 0.0914. The van der Waals surface area contributed by atoms with Crippen LogP contribution in [-0.4, -0.2) is 44.1 Å². The molecule has 0 aromatic carbocycles.